The number of benzene rings is 1. The molecule has 2 aliphatic rings. The molecule has 218 valence electrons. The van der Waals surface area contributed by atoms with Gasteiger partial charge < -0.3 is 20.3 Å². The van der Waals surface area contributed by atoms with Crippen molar-refractivity contribution in [1.82, 2.24) is 15.6 Å². The van der Waals surface area contributed by atoms with Gasteiger partial charge in [0.2, 0.25) is 0 Å². The van der Waals surface area contributed by atoms with Gasteiger partial charge in [-0.3, -0.25) is 9.59 Å². The van der Waals surface area contributed by atoms with Crippen LogP contribution in [0.5, 0.6) is 5.75 Å². The Morgan fingerprint density at radius 1 is 1.02 bits per heavy atom. The van der Waals surface area contributed by atoms with Crippen LogP contribution >= 0.6 is 0 Å². The van der Waals surface area contributed by atoms with Gasteiger partial charge in [-0.15, -0.1) is 0 Å². The van der Waals surface area contributed by atoms with Gasteiger partial charge in [0.15, 0.2) is 5.60 Å². The van der Waals surface area contributed by atoms with Crippen molar-refractivity contribution in [2.24, 2.45) is 0 Å². The minimum atomic E-state index is -4.92. The van der Waals surface area contributed by atoms with Crippen molar-refractivity contribution >= 4 is 17.6 Å². The fraction of sp³-hybridized carbons (Fsp3) is 0.500. The van der Waals surface area contributed by atoms with E-state index >= 15 is 0 Å². The number of nitrogens with zero attached hydrogens (tertiary/aromatic N) is 2. The molecular formula is C26H27F7N4O3. The summed E-state index contributed by atoms with van der Waals surface area (Å²) in [6.45, 7) is 1.36. The molecule has 2 fully saturated rings. The Balaban J connectivity index is 1.36. The zero-order valence-electron chi connectivity index (χ0n) is 21.5. The predicted octanol–water partition coefficient (Wildman–Crippen LogP) is 5.01. The third-order valence-electron chi connectivity index (χ3n) is 6.96. The molecule has 0 saturated carbocycles. The lowest BCUT2D eigenvalue weighted by atomic mass is 9.96. The number of amides is 2. The molecule has 14 heteroatoms. The molecule has 2 aliphatic heterocycles. The van der Waals surface area contributed by atoms with Gasteiger partial charge in [-0.25, -0.2) is 9.37 Å². The number of fused-ring (bicyclic) bond motifs is 2. The number of halogens is 7. The molecule has 1 aromatic heterocycles. The number of hydrogen-bond donors (Lipinski definition) is 2. The fourth-order valence-electron chi connectivity index (χ4n) is 5.11. The van der Waals surface area contributed by atoms with E-state index in [4.69, 9.17) is 4.74 Å². The smallest absolute Gasteiger partial charge is 0.419 e. The van der Waals surface area contributed by atoms with Gasteiger partial charge in [0.25, 0.3) is 11.8 Å². The second-order valence-corrected chi connectivity index (χ2v) is 10.4. The van der Waals surface area contributed by atoms with E-state index in [1.807, 2.05) is 0 Å². The van der Waals surface area contributed by atoms with Crippen LogP contribution in [0.1, 0.15) is 55.5 Å². The van der Waals surface area contributed by atoms with Crippen LogP contribution in [0.15, 0.2) is 36.5 Å². The van der Waals surface area contributed by atoms with E-state index < -0.39 is 47.7 Å². The van der Waals surface area contributed by atoms with E-state index in [1.54, 1.807) is 11.4 Å². The molecule has 1 aromatic carbocycles. The first-order valence-electron chi connectivity index (χ1n) is 12.5. The number of rotatable bonds is 7. The molecule has 4 rings (SSSR count). The van der Waals surface area contributed by atoms with Crippen molar-refractivity contribution in [3.05, 3.63) is 53.5 Å². The van der Waals surface area contributed by atoms with Gasteiger partial charge in [0.05, 0.1) is 11.1 Å². The van der Waals surface area contributed by atoms with Crippen molar-refractivity contribution in [1.29, 1.82) is 0 Å². The molecule has 0 spiro atoms. The zero-order valence-corrected chi connectivity index (χ0v) is 21.5. The van der Waals surface area contributed by atoms with Crippen molar-refractivity contribution in [2.45, 2.75) is 75.6 Å². The topological polar surface area (TPSA) is 83.6 Å². The first-order chi connectivity index (χ1) is 18.5. The molecule has 1 unspecified atom stereocenters. The van der Waals surface area contributed by atoms with Gasteiger partial charge in [-0.05, 0) is 69.9 Å². The first kappa shape index (κ1) is 29.4. The largest absolute Gasteiger partial charge is 0.478 e. The molecule has 2 saturated heterocycles. The third-order valence-corrected chi connectivity index (χ3v) is 6.96. The highest BCUT2D eigenvalue weighted by molar-refractivity contribution is 5.94. The monoisotopic (exact) mass is 576 g/mol. The lowest BCUT2D eigenvalue weighted by molar-refractivity contribution is -0.140. The van der Waals surface area contributed by atoms with E-state index in [9.17, 15) is 40.3 Å². The second kappa shape index (κ2) is 10.8. The molecule has 3 heterocycles. The Bertz CT molecular complexity index is 1230. The number of carbonyl (C=O) groups excluding carboxylic acids is 2. The standard InChI is InChI=1S/C26H27F7N4O3/c1-24(2,40-18-6-7-20(27)19(11-18)26(31,32)33)23(39)36-15-9-16-4-5-17(10-15)37(16)21-8-3-14(12-34-21)22(38)35-13-25(28,29)30/h3,6-8,11-12,15-17H,4-5,9-10,13H2,1-2H3,(H,35,38)(H,36,39)/t15?,16-,17+. The first-order valence-corrected chi connectivity index (χ1v) is 12.5. The van der Waals surface area contributed by atoms with Crippen LogP contribution in [-0.2, 0) is 11.0 Å². The van der Waals surface area contributed by atoms with Crippen LogP contribution < -0.4 is 20.3 Å². The maximum Gasteiger partial charge on any atom is 0.419 e. The Kier molecular flexibility index (Phi) is 7.92. The van der Waals surface area contributed by atoms with Gasteiger partial charge in [0.1, 0.15) is 23.9 Å². The number of piperidine rings is 1. The lowest BCUT2D eigenvalue weighted by Crippen LogP contribution is -2.55. The van der Waals surface area contributed by atoms with Crippen molar-refractivity contribution in [3.8, 4) is 5.75 Å². The van der Waals surface area contributed by atoms with Crippen LogP contribution in [0.2, 0.25) is 0 Å². The van der Waals surface area contributed by atoms with Gasteiger partial charge in [0, 0.05) is 24.3 Å². The minimum absolute atomic E-state index is 0.00284. The molecule has 0 aliphatic carbocycles. The van der Waals surface area contributed by atoms with E-state index in [2.05, 4.69) is 15.2 Å². The Hall–Kier alpha value is -3.58. The average Bonchev–Trinajstić information content (AvgIpc) is 3.12. The van der Waals surface area contributed by atoms with E-state index in [0.717, 1.165) is 18.9 Å². The molecular weight excluding hydrogens is 549 g/mol. The number of hydrogen-bond acceptors (Lipinski definition) is 5. The third kappa shape index (κ3) is 6.76. The zero-order chi connectivity index (χ0) is 29.5. The minimum Gasteiger partial charge on any atom is -0.478 e. The van der Waals surface area contributed by atoms with E-state index in [-0.39, 0.29) is 29.4 Å². The van der Waals surface area contributed by atoms with Gasteiger partial charge in [-0.2, -0.15) is 26.3 Å². The SMILES string of the molecule is CC(C)(Oc1ccc(F)c(C(F)(F)F)c1)C(=O)NC1C[C@H]2CC[C@@H](C1)N2c1ccc(C(=O)NCC(F)(F)F)cn1. The molecule has 2 amide bonds. The normalized spacial score (nSPS) is 21.2. The molecule has 7 nitrogen and oxygen atoms in total. The summed E-state index contributed by atoms with van der Waals surface area (Å²) in [5, 5.41) is 4.70. The molecule has 2 N–H and O–H groups in total. The number of anilines is 1. The highest BCUT2D eigenvalue weighted by atomic mass is 19.4. The van der Waals surface area contributed by atoms with Crippen molar-refractivity contribution in [3.63, 3.8) is 0 Å². The highest BCUT2D eigenvalue weighted by Gasteiger charge is 2.43. The van der Waals surface area contributed by atoms with E-state index in [1.165, 1.54) is 26.1 Å². The van der Waals surface area contributed by atoms with Crippen molar-refractivity contribution in [2.75, 3.05) is 11.4 Å². The molecule has 3 atom stereocenters. The summed E-state index contributed by atoms with van der Waals surface area (Å²) in [5.74, 6) is -2.62. The Labute approximate surface area is 225 Å². The van der Waals surface area contributed by atoms with Crippen LogP contribution in [-0.4, -0.2) is 53.2 Å². The quantitative estimate of drug-likeness (QED) is 0.454. The summed E-state index contributed by atoms with van der Waals surface area (Å²) in [5.41, 5.74) is -3.05. The maximum atomic E-state index is 13.6. The Morgan fingerprint density at radius 2 is 1.68 bits per heavy atom. The summed E-state index contributed by atoms with van der Waals surface area (Å²) < 4.78 is 95.3. The van der Waals surface area contributed by atoms with Crippen LogP contribution in [0.3, 0.4) is 0 Å². The summed E-state index contributed by atoms with van der Waals surface area (Å²) >= 11 is 0. The predicted molar refractivity (Wildman–Crippen MR) is 129 cm³/mol. The second-order valence-electron chi connectivity index (χ2n) is 10.4. The average molecular weight is 577 g/mol. The molecule has 40 heavy (non-hydrogen) atoms. The highest BCUT2D eigenvalue weighted by Crippen LogP contribution is 2.39. The van der Waals surface area contributed by atoms with Gasteiger partial charge >= 0.3 is 12.4 Å². The van der Waals surface area contributed by atoms with Crippen molar-refractivity contribution < 1.29 is 45.1 Å². The number of pyridine rings is 1. The summed E-state index contributed by atoms with van der Waals surface area (Å²) in [6.07, 6.45) is -5.53. The number of aromatic nitrogens is 1. The van der Waals surface area contributed by atoms with Crippen LogP contribution in [0.25, 0.3) is 0 Å². The summed E-state index contributed by atoms with van der Waals surface area (Å²) in [6, 6.07) is 4.89. The van der Waals surface area contributed by atoms with Crippen LogP contribution in [0, 0.1) is 5.82 Å². The number of alkyl halides is 6. The van der Waals surface area contributed by atoms with Gasteiger partial charge in [-0.1, -0.05) is 0 Å². The summed E-state index contributed by atoms with van der Waals surface area (Å²) in [7, 11) is 0. The number of carbonyl (C=O) groups is 2. The number of nitrogens with one attached hydrogen (secondary N) is 2. The molecule has 0 radical (unpaired) electrons. The van der Waals surface area contributed by atoms with Crippen LogP contribution in [0.4, 0.5) is 36.6 Å². The summed E-state index contributed by atoms with van der Waals surface area (Å²) in [4.78, 5) is 31.3. The molecule has 2 bridgehead atoms. The maximum absolute atomic E-state index is 13.6. The molecule has 2 aromatic rings. The number of ether oxygens (including phenoxy) is 1. The van der Waals surface area contributed by atoms with E-state index in [0.29, 0.717) is 30.8 Å². The fourth-order valence-corrected chi connectivity index (χ4v) is 5.11. The Morgan fingerprint density at radius 3 is 2.23 bits per heavy atom. The lowest BCUT2D eigenvalue weighted by Gasteiger charge is -2.40.